The molecular formula is C21H28BrFN2O3. The lowest BCUT2D eigenvalue weighted by molar-refractivity contribution is 0.267. The Kier molecular flexibility index (Phi) is 10.3. The second kappa shape index (κ2) is 12.7. The average molecular weight is 455 g/mol. The molecule has 0 atom stereocenters. The van der Waals surface area contributed by atoms with E-state index >= 15 is 0 Å². The number of hydrogen-bond donors (Lipinski definition) is 3. The van der Waals surface area contributed by atoms with Crippen LogP contribution in [0.4, 0.5) is 4.39 Å². The quantitative estimate of drug-likeness (QED) is 0.403. The molecular weight excluding hydrogens is 427 g/mol. The fraction of sp³-hybridized carbons (Fsp3) is 0.429. The Bertz CT molecular complexity index is 714. The van der Waals surface area contributed by atoms with E-state index < -0.39 is 0 Å². The molecule has 2 rings (SSSR count). The van der Waals surface area contributed by atoms with Crippen LogP contribution in [-0.2, 0) is 13.2 Å². The molecule has 154 valence electrons. The van der Waals surface area contributed by atoms with Crippen molar-refractivity contribution >= 4 is 15.9 Å². The van der Waals surface area contributed by atoms with Gasteiger partial charge in [-0.1, -0.05) is 12.1 Å². The molecule has 0 aliphatic heterocycles. The summed E-state index contributed by atoms with van der Waals surface area (Å²) in [4.78, 5) is 0. The maximum Gasteiger partial charge on any atom is 0.175 e. The molecule has 0 aromatic heterocycles. The minimum atomic E-state index is -0.263. The fourth-order valence-electron chi connectivity index (χ4n) is 2.64. The zero-order chi connectivity index (χ0) is 20.2. The first-order valence-electron chi connectivity index (χ1n) is 9.48. The Morgan fingerprint density at radius 2 is 1.75 bits per heavy atom. The largest absolute Gasteiger partial charge is 0.490 e. The van der Waals surface area contributed by atoms with E-state index in [1.807, 2.05) is 19.1 Å². The Hall–Kier alpha value is -1.67. The Morgan fingerprint density at radius 1 is 1.00 bits per heavy atom. The summed E-state index contributed by atoms with van der Waals surface area (Å²) in [5.74, 6) is 1.06. The summed E-state index contributed by atoms with van der Waals surface area (Å²) in [6, 6.07) is 10.2. The number of rotatable bonds is 13. The van der Waals surface area contributed by atoms with Crippen LogP contribution in [0.1, 0.15) is 24.5 Å². The summed E-state index contributed by atoms with van der Waals surface area (Å²) in [5.41, 5.74) is 1.98. The van der Waals surface area contributed by atoms with Gasteiger partial charge in [0.05, 0.1) is 17.7 Å². The molecule has 28 heavy (non-hydrogen) atoms. The highest BCUT2D eigenvalue weighted by molar-refractivity contribution is 9.10. The van der Waals surface area contributed by atoms with Gasteiger partial charge in [0, 0.05) is 13.1 Å². The van der Waals surface area contributed by atoms with Gasteiger partial charge in [-0.15, -0.1) is 0 Å². The summed E-state index contributed by atoms with van der Waals surface area (Å²) >= 11 is 3.58. The van der Waals surface area contributed by atoms with E-state index in [0.29, 0.717) is 31.3 Å². The zero-order valence-electron chi connectivity index (χ0n) is 16.1. The van der Waals surface area contributed by atoms with Crippen molar-refractivity contribution in [2.75, 3.05) is 32.8 Å². The highest BCUT2D eigenvalue weighted by atomic mass is 79.9. The second-order valence-corrected chi connectivity index (χ2v) is 7.11. The lowest BCUT2D eigenvalue weighted by Gasteiger charge is -2.16. The van der Waals surface area contributed by atoms with Crippen molar-refractivity contribution in [3.05, 3.63) is 57.8 Å². The number of halogens is 2. The first-order chi connectivity index (χ1) is 13.6. The van der Waals surface area contributed by atoms with E-state index in [1.165, 1.54) is 12.1 Å². The highest BCUT2D eigenvalue weighted by Crippen LogP contribution is 2.37. The van der Waals surface area contributed by atoms with E-state index in [-0.39, 0.29) is 12.4 Å². The molecule has 2 aromatic carbocycles. The van der Waals surface area contributed by atoms with Crippen LogP contribution in [0.5, 0.6) is 11.5 Å². The monoisotopic (exact) mass is 454 g/mol. The summed E-state index contributed by atoms with van der Waals surface area (Å²) in [6.07, 6.45) is 0.984. The van der Waals surface area contributed by atoms with Gasteiger partial charge in [-0.05, 0) is 77.8 Å². The van der Waals surface area contributed by atoms with Crippen molar-refractivity contribution in [1.29, 1.82) is 0 Å². The van der Waals surface area contributed by atoms with Crippen LogP contribution in [-0.4, -0.2) is 38.0 Å². The molecule has 0 saturated heterocycles. The van der Waals surface area contributed by atoms with Gasteiger partial charge >= 0.3 is 0 Å². The van der Waals surface area contributed by atoms with Crippen molar-refractivity contribution in [3.8, 4) is 11.5 Å². The normalized spacial score (nSPS) is 10.9. The van der Waals surface area contributed by atoms with Crippen LogP contribution >= 0.6 is 15.9 Å². The number of nitrogens with one attached hydrogen (secondary N) is 2. The van der Waals surface area contributed by atoms with Gasteiger partial charge in [0.25, 0.3) is 0 Å². The fourth-order valence-corrected chi connectivity index (χ4v) is 3.24. The lowest BCUT2D eigenvalue weighted by atomic mass is 10.2. The van der Waals surface area contributed by atoms with Crippen molar-refractivity contribution in [3.63, 3.8) is 0 Å². The lowest BCUT2D eigenvalue weighted by Crippen LogP contribution is -2.23. The molecule has 0 bridgehead atoms. The molecule has 0 unspecified atom stereocenters. The van der Waals surface area contributed by atoms with E-state index in [4.69, 9.17) is 14.6 Å². The average Bonchev–Trinajstić information content (AvgIpc) is 2.68. The van der Waals surface area contributed by atoms with Gasteiger partial charge in [-0.25, -0.2) is 4.39 Å². The molecule has 7 heteroatoms. The standard InChI is InChI=1S/C21H28BrFN2O3/c1-2-27-20-13-17(14-25-9-3-8-24-10-11-26)12-19(22)21(20)28-15-16-4-6-18(23)7-5-16/h4-7,12-13,24-26H,2-3,8-11,14-15H2,1H3. The molecule has 0 aliphatic carbocycles. The molecule has 2 aromatic rings. The Labute approximate surface area is 174 Å². The summed E-state index contributed by atoms with van der Waals surface area (Å²) in [7, 11) is 0. The predicted octanol–water partition coefficient (Wildman–Crippen LogP) is 3.63. The van der Waals surface area contributed by atoms with Crippen molar-refractivity contribution in [2.45, 2.75) is 26.5 Å². The van der Waals surface area contributed by atoms with Crippen LogP contribution in [0.25, 0.3) is 0 Å². The molecule has 5 nitrogen and oxygen atoms in total. The molecule has 0 amide bonds. The smallest absolute Gasteiger partial charge is 0.175 e. The van der Waals surface area contributed by atoms with Gasteiger partial charge < -0.3 is 25.2 Å². The molecule has 0 heterocycles. The zero-order valence-corrected chi connectivity index (χ0v) is 17.7. The topological polar surface area (TPSA) is 62.8 Å². The minimum absolute atomic E-state index is 0.164. The predicted molar refractivity (Wildman–Crippen MR) is 112 cm³/mol. The Morgan fingerprint density at radius 3 is 2.46 bits per heavy atom. The Balaban J connectivity index is 1.93. The van der Waals surface area contributed by atoms with E-state index in [1.54, 1.807) is 12.1 Å². The SMILES string of the molecule is CCOc1cc(CNCCCNCCO)cc(Br)c1OCc1ccc(F)cc1. The first-order valence-corrected chi connectivity index (χ1v) is 10.3. The molecule has 0 fully saturated rings. The van der Waals surface area contributed by atoms with E-state index in [2.05, 4.69) is 26.6 Å². The van der Waals surface area contributed by atoms with E-state index in [0.717, 1.165) is 41.7 Å². The second-order valence-electron chi connectivity index (χ2n) is 6.26. The third-order valence-corrected chi connectivity index (χ3v) is 4.58. The summed E-state index contributed by atoms with van der Waals surface area (Å²) in [5, 5.41) is 15.3. The van der Waals surface area contributed by atoms with Crippen LogP contribution < -0.4 is 20.1 Å². The van der Waals surface area contributed by atoms with Crippen LogP contribution in [0, 0.1) is 5.82 Å². The van der Waals surface area contributed by atoms with Crippen LogP contribution in [0.15, 0.2) is 40.9 Å². The molecule has 0 aliphatic rings. The number of aliphatic hydroxyl groups is 1. The molecule has 0 saturated carbocycles. The van der Waals surface area contributed by atoms with Gasteiger partial charge in [0.1, 0.15) is 12.4 Å². The molecule has 0 radical (unpaired) electrons. The van der Waals surface area contributed by atoms with Gasteiger partial charge in [-0.2, -0.15) is 0 Å². The van der Waals surface area contributed by atoms with E-state index in [9.17, 15) is 4.39 Å². The van der Waals surface area contributed by atoms with Crippen molar-refractivity contribution < 1.29 is 19.0 Å². The molecule has 0 spiro atoms. The molecule has 3 N–H and O–H groups in total. The third-order valence-electron chi connectivity index (χ3n) is 3.99. The number of hydrogen-bond acceptors (Lipinski definition) is 5. The number of benzene rings is 2. The first kappa shape index (κ1) is 22.6. The number of aliphatic hydroxyl groups excluding tert-OH is 1. The third kappa shape index (κ3) is 7.75. The maximum atomic E-state index is 13.0. The van der Waals surface area contributed by atoms with Crippen molar-refractivity contribution in [2.24, 2.45) is 0 Å². The highest BCUT2D eigenvalue weighted by Gasteiger charge is 2.13. The summed E-state index contributed by atoms with van der Waals surface area (Å²) in [6.45, 7) is 6.06. The van der Waals surface area contributed by atoms with Gasteiger partial charge in [-0.3, -0.25) is 0 Å². The van der Waals surface area contributed by atoms with Crippen LogP contribution in [0.3, 0.4) is 0 Å². The maximum absolute atomic E-state index is 13.0. The van der Waals surface area contributed by atoms with Gasteiger partial charge in [0.2, 0.25) is 0 Å². The van der Waals surface area contributed by atoms with Crippen molar-refractivity contribution in [1.82, 2.24) is 10.6 Å². The minimum Gasteiger partial charge on any atom is -0.490 e. The van der Waals surface area contributed by atoms with Gasteiger partial charge in [0.15, 0.2) is 11.5 Å². The number of ether oxygens (including phenoxy) is 2. The summed E-state index contributed by atoms with van der Waals surface area (Å²) < 4.78 is 25.6. The van der Waals surface area contributed by atoms with Crippen LogP contribution in [0.2, 0.25) is 0 Å².